The molecule has 0 unspecified atom stereocenters. The van der Waals surface area contributed by atoms with Gasteiger partial charge in [-0.1, -0.05) is 66.2 Å². The normalized spacial score (nSPS) is 11.6. The van der Waals surface area contributed by atoms with E-state index < -0.39 is 0 Å². The molecule has 114 valence electrons. The zero-order chi connectivity index (χ0) is 14.6. The lowest BCUT2D eigenvalue weighted by atomic mass is 9.75. The number of hydrogen-bond acceptors (Lipinski definition) is 2. The van der Waals surface area contributed by atoms with E-state index in [1.807, 2.05) is 0 Å². The molecule has 0 aliphatic heterocycles. The van der Waals surface area contributed by atoms with Crippen molar-refractivity contribution in [3.63, 3.8) is 0 Å². The summed E-state index contributed by atoms with van der Waals surface area (Å²) in [6.07, 6.45) is 10.9. The largest absolute Gasteiger partial charge is 0.465 e. The van der Waals surface area contributed by atoms with Gasteiger partial charge in [0.25, 0.3) is 0 Å². The number of carbonyl (C=O) groups excluding carboxylic acids is 1. The number of hydrogen-bond donors (Lipinski definition) is 0. The molecule has 19 heavy (non-hydrogen) atoms. The molecule has 0 amide bonds. The molecule has 0 rings (SSSR count). The molecule has 0 aliphatic carbocycles. The smallest absolute Gasteiger partial charge is 0.312 e. The van der Waals surface area contributed by atoms with E-state index in [0.29, 0.717) is 6.61 Å². The highest BCUT2D eigenvalue weighted by Gasteiger charge is 2.37. The Hall–Kier alpha value is -0.530. The van der Waals surface area contributed by atoms with Crippen molar-refractivity contribution in [2.45, 2.75) is 91.9 Å². The molecule has 2 heteroatoms. The van der Waals surface area contributed by atoms with Gasteiger partial charge in [-0.3, -0.25) is 4.79 Å². The summed E-state index contributed by atoms with van der Waals surface area (Å²) in [6.45, 7) is 9.19. The average Bonchev–Trinajstić information content (AvgIpc) is 2.41. The third-order valence-corrected chi connectivity index (χ3v) is 3.84. The lowest BCUT2D eigenvalue weighted by Crippen LogP contribution is -2.33. The first kappa shape index (κ1) is 18.5. The highest BCUT2D eigenvalue weighted by atomic mass is 16.5. The van der Waals surface area contributed by atoms with E-state index >= 15 is 0 Å². The van der Waals surface area contributed by atoms with Crippen molar-refractivity contribution in [2.75, 3.05) is 6.61 Å². The Morgan fingerprint density at radius 1 is 0.789 bits per heavy atom. The van der Waals surface area contributed by atoms with E-state index in [0.717, 1.165) is 44.9 Å². The van der Waals surface area contributed by atoms with Gasteiger partial charge in [0.05, 0.1) is 12.0 Å². The van der Waals surface area contributed by atoms with Crippen molar-refractivity contribution in [1.82, 2.24) is 0 Å². The number of unbranched alkanes of at least 4 members (excludes halogenated alkanes) is 3. The zero-order valence-corrected chi connectivity index (χ0v) is 13.6. The summed E-state index contributed by atoms with van der Waals surface area (Å²) in [5, 5.41) is 0. The fourth-order valence-corrected chi connectivity index (χ4v) is 2.88. The SMILES string of the molecule is CCCCCCC(CCC)(CCC)C(=O)OCCC. The van der Waals surface area contributed by atoms with Crippen LogP contribution in [0.4, 0.5) is 0 Å². The van der Waals surface area contributed by atoms with Crippen LogP contribution in [-0.4, -0.2) is 12.6 Å². The van der Waals surface area contributed by atoms with Crippen LogP contribution in [0.2, 0.25) is 0 Å². The molecule has 0 N–H and O–H groups in total. The summed E-state index contributed by atoms with van der Waals surface area (Å²) in [6, 6.07) is 0. The van der Waals surface area contributed by atoms with Gasteiger partial charge >= 0.3 is 5.97 Å². The van der Waals surface area contributed by atoms with Gasteiger partial charge in [0.1, 0.15) is 0 Å². The molecule has 0 bridgehead atoms. The van der Waals surface area contributed by atoms with E-state index in [-0.39, 0.29) is 11.4 Å². The Bertz CT molecular complexity index is 217. The molecular weight excluding hydrogens is 236 g/mol. The van der Waals surface area contributed by atoms with Crippen LogP contribution < -0.4 is 0 Å². The minimum Gasteiger partial charge on any atom is -0.465 e. The standard InChI is InChI=1S/C17H34O2/c1-5-9-10-11-14-17(12-6-2,13-7-3)16(18)19-15-8-4/h5-15H2,1-4H3. The topological polar surface area (TPSA) is 26.3 Å². The lowest BCUT2D eigenvalue weighted by molar-refractivity contribution is -0.157. The molecule has 2 nitrogen and oxygen atoms in total. The second kappa shape index (κ2) is 11.3. The first-order valence-electron chi connectivity index (χ1n) is 8.34. The molecule has 0 fully saturated rings. The summed E-state index contributed by atoms with van der Waals surface area (Å²) in [7, 11) is 0. The highest BCUT2D eigenvalue weighted by molar-refractivity contribution is 5.76. The van der Waals surface area contributed by atoms with Crippen LogP contribution in [0.1, 0.15) is 91.9 Å². The van der Waals surface area contributed by atoms with Crippen LogP contribution in [0.5, 0.6) is 0 Å². The Morgan fingerprint density at radius 3 is 1.89 bits per heavy atom. The van der Waals surface area contributed by atoms with Crippen LogP contribution >= 0.6 is 0 Å². The zero-order valence-electron chi connectivity index (χ0n) is 13.6. The molecule has 0 spiro atoms. The van der Waals surface area contributed by atoms with Crippen molar-refractivity contribution in [3.8, 4) is 0 Å². The molecule has 0 aliphatic rings. The number of carbonyl (C=O) groups is 1. The summed E-state index contributed by atoms with van der Waals surface area (Å²) in [5.74, 6) is 0.0644. The van der Waals surface area contributed by atoms with Crippen molar-refractivity contribution < 1.29 is 9.53 Å². The molecule has 0 aromatic heterocycles. The van der Waals surface area contributed by atoms with E-state index in [9.17, 15) is 4.79 Å². The first-order chi connectivity index (χ1) is 9.16. The van der Waals surface area contributed by atoms with Gasteiger partial charge in [0.2, 0.25) is 0 Å². The summed E-state index contributed by atoms with van der Waals surface area (Å²) in [5.41, 5.74) is -0.202. The molecule has 0 heterocycles. The number of ether oxygens (including phenoxy) is 1. The van der Waals surface area contributed by atoms with Crippen molar-refractivity contribution in [2.24, 2.45) is 5.41 Å². The van der Waals surface area contributed by atoms with Crippen molar-refractivity contribution >= 4 is 5.97 Å². The third kappa shape index (κ3) is 6.98. The minimum atomic E-state index is -0.202. The third-order valence-electron chi connectivity index (χ3n) is 3.84. The summed E-state index contributed by atoms with van der Waals surface area (Å²) < 4.78 is 5.48. The van der Waals surface area contributed by atoms with Crippen molar-refractivity contribution in [1.29, 1.82) is 0 Å². The molecule has 0 aromatic rings. The van der Waals surface area contributed by atoms with Crippen LogP contribution in [0, 0.1) is 5.41 Å². The predicted molar refractivity (Wildman–Crippen MR) is 82.3 cm³/mol. The van der Waals surface area contributed by atoms with Crippen LogP contribution in [0.25, 0.3) is 0 Å². The van der Waals surface area contributed by atoms with Gasteiger partial charge in [-0.2, -0.15) is 0 Å². The lowest BCUT2D eigenvalue weighted by Gasteiger charge is -2.31. The molecule has 0 aromatic carbocycles. The molecule has 0 saturated heterocycles. The fraction of sp³-hybridized carbons (Fsp3) is 0.941. The van der Waals surface area contributed by atoms with Crippen molar-refractivity contribution in [3.05, 3.63) is 0 Å². The monoisotopic (exact) mass is 270 g/mol. The molecule has 0 atom stereocenters. The minimum absolute atomic E-state index is 0.0644. The Morgan fingerprint density at radius 2 is 1.42 bits per heavy atom. The Labute approximate surface area is 120 Å². The van der Waals surface area contributed by atoms with Crippen LogP contribution in [-0.2, 0) is 9.53 Å². The Balaban J connectivity index is 4.59. The van der Waals surface area contributed by atoms with Gasteiger partial charge in [-0.25, -0.2) is 0 Å². The maximum atomic E-state index is 12.4. The van der Waals surface area contributed by atoms with Gasteiger partial charge in [0.15, 0.2) is 0 Å². The average molecular weight is 270 g/mol. The van der Waals surface area contributed by atoms with Crippen LogP contribution in [0.15, 0.2) is 0 Å². The van der Waals surface area contributed by atoms with E-state index in [2.05, 4.69) is 27.7 Å². The predicted octanol–water partition coefficient (Wildman–Crippen LogP) is 5.50. The van der Waals surface area contributed by atoms with E-state index in [1.54, 1.807) is 0 Å². The summed E-state index contributed by atoms with van der Waals surface area (Å²) >= 11 is 0. The van der Waals surface area contributed by atoms with E-state index in [4.69, 9.17) is 4.74 Å². The van der Waals surface area contributed by atoms with E-state index in [1.165, 1.54) is 19.3 Å². The molecular formula is C17H34O2. The van der Waals surface area contributed by atoms with Gasteiger partial charge < -0.3 is 4.74 Å². The Kier molecular flexibility index (Phi) is 11.0. The molecule has 0 radical (unpaired) electrons. The maximum absolute atomic E-state index is 12.4. The van der Waals surface area contributed by atoms with Gasteiger partial charge in [-0.05, 0) is 25.7 Å². The molecule has 0 saturated carbocycles. The maximum Gasteiger partial charge on any atom is 0.312 e. The quantitative estimate of drug-likeness (QED) is 0.346. The second-order valence-corrected chi connectivity index (χ2v) is 5.73. The van der Waals surface area contributed by atoms with Gasteiger partial charge in [-0.15, -0.1) is 0 Å². The number of rotatable bonds is 12. The number of esters is 1. The fourth-order valence-electron chi connectivity index (χ4n) is 2.88. The second-order valence-electron chi connectivity index (χ2n) is 5.73. The van der Waals surface area contributed by atoms with Gasteiger partial charge in [0, 0.05) is 0 Å². The highest BCUT2D eigenvalue weighted by Crippen LogP contribution is 2.37. The summed E-state index contributed by atoms with van der Waals surface area (Å²) in [4.78, 5) is 12.4. The first-order valence-corrected chi connectivity index (χ1v) is 8.34. The van der Waals surface area contributed by atoms with Crippen LogP contribution in [0.3, 0.4) is 0 Å².